The van der Waals surface area contributed by atoms with E-state index in [4.69, 9.17) is 10.00 Å². The Morgan fingerprint density at radius 3 is 2.36 bits per heavy atom. The van der Waals surface area contributed by atoms with Gasteiger partial charge in [-0.25, -0.2) is 4.79 Å². The van der Waals surface area contributed by atoms with Crippen LogP contribution in [0.4, 0.5) is 4.79 Å². The number of aryl methyl sites for hydroxylation is 2. The quantitative estimate of drug-likeness (QED) is 0.618. The molecule has 1 heterocycles. The lowest BCUT2D eigenvalue weighted by molar-refractivity contribution is -0.131. The van der Waals surface area contributed by atoms with E-state index >= 15 is 0 Å². The molecule has 28 heavy (non-hydrogen) atoms. The summed E-state index contributed by atoms with van der Waals surface area (Å²) in [5.74, 6) is 0.491. The van der Waals surface area contributed by atoms with Crippen LogP contribution in [0.1, 0.15) is 35.6 Å². The molecule has 3 rings (SSSR count). The molecule has 6 heteroatoms. The SMILES string of the molecule is Cc1cc(C)cc(OCCCN2C(=O)NC(C)(c3ccc(C#N)cc3)C2=O)c1. The number of hydrogen-bond acceptors (Lipinski definition) is 4. The topological polar surface area (TPSA) is 82.4 Å². The van der Waals surface area contributed by atoms with Gasteiger partial charge in [0.1, 0.15) is 11.3 Å². The molecule has 0 aliphatic carbocycles. The average Bonchev–Trinajstić information content (AvgIpc) is 2.88. The molecule has 1 N–H and O–H groups in total. The number of nitrogens with one attached hydrogen (secondary N) is 1. The second-order valence-electron chi connectivity index (χ2n) is 7.23. The van der Waals surface area contributed by atoms with Gasteiger partial charge in [0.15, 0.2) is 0 Å². The molecule has 0 aromatic heterocycles. The van der Waals surface area contributed by atoms with Crippen molar-refractivity contribution in [3.8, 4) is 11.8 Å². The molecule has 1 unspecified atom stereocenters. The number of rotatable bonds is 6. The van der Waals surface area contributed by atoms with Crippen LogP contribution in [0.2, 0.25) is 0 Å². The maximum Gasteiger partial charge on any atom is 0.325 e. The first kappa shape index (κ1) is 19.4. The van der Waals surface area contributed by atoms with E-state index in [0.717, 1.165) is 16.9 Å². The molecule has 1 saturated heterocycles. The number of imide groups is 1. The highest BCUT2D eigenvalue weighted by molar-refractivity contribution is 6.07. The van der Waals surface area contributed by atoms with Gasteiger partial charge in [-0.3, -0.25) is 9.69 Å². The largest absolute Gasteiger partial charge is 0.494 e. The summed E-state index contributed by atoms with van der Waals surface area (Å²) in [5.41, 5.74) is 2.28. The Kier molecular flexibility index (Phi) is 5.36. The van der Waals surface area contributed by atoms with Gasteiger partial charge in [-0.2, -0.15) is 5.26 Å². The molecule has 1 aliphatic heterocycles. The van der Waals surface area contributed by atoms with Crippen molar-refractivity contribution in [3.63, 3.8) is 0 Å². The lowest BCUT2D eigenvalue weighted by Crippen LogP contribution is -2.41. The van der Waals surface area contributed by atoms with Gasteiger partial charge in [-0.1, -0.05) is 18.2 Å². The van der Waals surface area contributed by atoms with E-state index in [9.17, 15) is 9.59 Å². The predicted molar refractivity (Wildman–Crippen MR) is 105 cm³/mol. The van der Waals surface area contributed by atoms with Gasteiger partial charge in [0.05, 0.1) is 18.2 Å². The number of benzene rings is 2. The van der Waals surface area contributed by atoms with E-state index < -0.39 is 11.6 Å². The Morgan fingerprint density at radius 2 is 1.75 bits per heavy atom. The molecule has 1 fully saturated rings. The van der Waals surface area contributed by atoms with Crippen LogP contribution < -0.4 is 10.1 Å². The molecule has 6 nitrogen and oxygen atoms in total. The monoisotopic (exact) mass is 377 g/mol. The zero-order valence-electron chi connectivity index (χ0n) is 16.3. The molecule has 2 aromatic rings. The van der Waals surface area contributed by atoms with Gasteiger partial charge >= 0.3 is 6.03 Å². The van der Waals surface area contributed by atoms with E-state index in [2.05, 4.69) is 11.4 Å². The number of carbonyl (C=O) groups is 2. The van der Waals surface area contributed by atoms with Crippen LogP contribution in [0.25, 0.3) is 0 Å². The summed E-state index contributed by atoms with van der Waals surface area (Å²) in [6.07, 6.45) is 0.537. The zero-order chi connectivity index (χ0) is 20.3. The highest BCUT2D eigenvalue weighted by Crippen LogP contribution is 2.29. The van der Waals surface area contributed by atoms with Crippen LogP contribution in [0.3, 0.4) is 0 Å². The average molecular weight is 377 g/mol. The summed E-state index contributed by atoms with van der Waals surface area (Å²) in [6, 6.07) is 14.3. The van der Waals surface area contributed by atoms with Gasteiger partial charge < -0.3 is 10.1 Å². The van der Waals surface area contributed by atoms with Crippen molar-refractivity contribution in [1.82, 2.24) is 10.2 Å². The lowest BCUT2D eigenvalue weighted by atomic mass is 9.91. The van der Waals surface area contributed by atoms with Gasteiger partial charge in [0.25, 0.3) is 5.91 Å². The Hall–Kier alpha value is -3.33. The van der Waals surface area contributed by atoms with Crippen LogP contribution in [0.15, 0.2) is 42.5 Å². The summed E-state index contributed by atoms with van der Waals surface area (Å²) >= 11 is 0. The van der Waals surface area contributed by atoms with Crippen molar-refractivity contribution in [2.45, 2.75) is 32.7 Å². The Morgan fingerprint density at radius 1 is 1.11 bits per heavy atom. The van der Waals surface area contributed by atoms with Gasteiger partial charge in [0, 0.05) is 6.54 Å². The molecule has 0 spiro atoms. The van der Waals surface area contributed by atoms with Crippen LogP contribution in [-0.4, -0.2) is 30.0 Å². The minimum absolute atomic E-state index is 0.279. The third kappa shape index (κ3) is 3.84. The van der Waals surface area contributed by atoms with Crippen molar-refractivity contribution in [3.05, 3.63) is 64.7 Å². The lowest BCUT2D eigenvalue weighted by Gasteiger charge is -2.22. The van der Waals surface area contributed by atoms with Crippen molar-refractivity contribution in [1.29, 1.82) is 5.26 Å². The first-order valence-electron chi connectivity index (χ1n) is 9.19. The van der Waals surface area contributed by atoms with Crippen LogP contribution in [0, 0.1) is 25.2 Å². The maximum atomic E-state index is 12.9. The predicted octanol–water partition coefficient (Wildman–Crippen LogP) is 3.41. The van der Waals surface area contributed by atoms with Crippen LogP contribution in [-0.2, 0) is 10.3 Å². The first-order chi connectivity index (χ1) is 13.3. The summed E-state index contributed by atoms with van der Waals surface area (Å²) in [4.78, 5) is 26.5. The van der Waals surface area contributed by atoms with E-state index in [1.54, 1.807) is 31.2 Å². The van der Waals surface area contributed by atoms with E-state index in [0.29, 0.717) is 24.2 Å². The minimum atomic E-state index is -1.13. The molecule has 1 atom stereocenters. The van der Waals surface area contributed by atoms with Crippen LogP contribution in [0.5, 0.6) is 5.75 Å². The molecule has 0 radical (unpaired) electrons. The normalized spacial score (nSPS) is 18.7. The number of nitriles is 1. The fourth-order valence-electron chi connectivity index (χ4n) is 3.40. The standard InChI is InChI=1S/C22H23N3O3/c1-15-11-16(2)13-19(12-15)28-10-4-9-25-20(26)22(3,24-21(25)27)18-7-5-17(14-23)6-8-18/h5-8,11-13H,4,9-10H2,1-3H3,(H,24,27). The summed E-state index contributed by atoms with van der Waals surface area (Å²) in [7, 11) is 0. The smallest absolute Gasteiger partial charge is 0.325 e. The second-order valence-corrected chi connectivity index (χ2v) is 7.23. The van der Waals surface area contributed by atoms with E-state index in [1.165, 1.54) is 4.90 Å². The fourth-order valence-corrected chi connectivity index (χ4v) is 3.40. The zero-order valence-corrected chi connectivity index (χ0v) is 16.3. The highest BCUT2D eigenvalue weighted by atomic mass is 16.5. The molecular weight excluding hydrogens is 354 g/mol. The third-order valence-electron chi connectivity index (χ3n) is 4.86. The molecular formula is C22H23N3O3. The minimum Gasteiger partial charge on any atom is -0.494 e. The molecule has 3 amide bonds. The van der Waals surface area contributed by atoms with Crippen molar-refractivity contribution < 1.29 is 14.3 Å². The summed E-state index contributed by atoms with van der Waals surface area (Å²) in [5, 5.41) is 11.7. The van der Waals surface area contributed by atoms with E-state index in [1.807, 2.05) is 32.0 Å². The number of urea groups is 1. The van der Waals surface area contributed by atoms with Gasteiger partial charge in [-0.05, 0) is 68.1 Å². The highest BCUT2D eigenvalue weighted by Gasteiger charge is 2.48. The third-order valence-corrected chi connectivity index (χ3v) is 4.86. The first-order valence-corrected chi connectivity index (χ1v) is 9.19. The summed E-state index contributed by atoms with van der Waals surface area (Å²) < 4.78 is 5.76. The number of amides is 3. The van der Waals surface area contributed by atoms with Crippen molar-refractivity contribution in [2.75, 3.05) is 13.2 Å². The summed E-state index contributed by atoms with van der Waals surface area (Å²) in [6.45, 7) is 6.39. The van der Waals surface area contributed by atoms with E-state index in [-0.39, 0.29) is 12.5 Å². The Labute approximate surface area is 164 Å². The molecule has 1 aliphatic rings. The van der Waals surface area contributed by atoms with Crippen molar-refractivity contribution in [2.24, 2.45) is 0 Å². The number of nitrogens with zero attached hydrogens (tertiary/aromatic N) is 2. The number of hydrogen-bond donors (Lipinski definition) is 1. The fraction of sp³-hybridized carbons (Fsp3) is 0.318. The van der Waals surface area contributed by atoms with Gasteiger partial charge in [-0.15, -0.1) is 0 Å². The Bertz CT molecular complexity index is 926. The van der Waals surface area contributed by atoms with Gasteiger partial charge in [0.2, 0.25) is 0 Å². The second kappa shape index (κ2) is 7.73. The molecule has 144 valence electrons. The molecule has 0 saturated carbocycles. The number of carbonyl (C=O) groups excluding carboxylic acids is 2. The van der Waals surface area contributed by atoms with Crippen LogP contribution >= 0.6 is 0 Å². The van der Waals surface area contributed by atoms with Crippen molar-refractivity contribution >= 4 is 11.9 Å². The molecule has 0 bridgehead atoms. The maximum absolute atomic E-state index is 12.9. The Balaban J connectivity index is 1.61. The molecule has 2 aromatic carbocycles. The number of ether oxygens (including phenoxy) is 1.